The number of carboxylic acids is 1. The van der Waals surface area contributed by atoms with Gasteiger partial charge in [0.25, 0.3) is 0 Å². The number of ether oxygens (including phenoxy) is 1. The van der Waals surface area contributed by atoms with E-state index in [1.54, 1.807) is 6.92 Å². The highest BCUT2D eigenvalue weighted by atomic mass is 19.1. The molecule has 2 aromatic rings. The minimum atomic E-state index is -1.11. The van der Waals surface area contributed by atoms with Gasteiger partial charge in [0.2, 0.25) is 0 Å². The number of rotatable bonds is 3. The van der Waals surface area contributed by atoms with Gasteiger partial charge in [-0.1, -0.05) is 0 Å². The molecule has 0 unspecified atom stereocenters. The minimum Gasteiger partial charge on any atom is -0.478 e. The molecule has 0 aliphatic heterocycles. The standard InChI is InChI=1S/C12H9FN2O3/c1-7-4-9(13)2-3-10(7)18-12-14-5-8(6-15-12)11(16)17/h2-6H,1H3,(H,16,17). The molecule has 0 saturated heterocycles. The Morgan fingerprint density at radius 1 is 1.33 bits per heavy atom. The van der Waals surface area contributed by atoms with Gasteiger partial charge in [-0.15, -0.1) is 0 Å². The smallest absolute Gasteiger partial charge is 0.338 e. The first-order chi connectivity index (χ1) is 8.56. The molecule has 0 atom stereocenters. The van der Waals surface area contributed by atoms with Crippen molar-refractivity contribution in [3.05, 3.63) is 47.5 Å². The van der Waals surface area contributed by atoms with Crippen LogP contribution in [0, 0.1) is 12.7 Å². The zero-order chi connectivity index (χ0) is 13.1. The number of aryl methyl sites for hydroxylation is 1. The normalized spacial score (nSPS) is 10.1. The molecule has 0 saturated carbocycles. The van der Waals surface area contributed by atoms with Gasteiger partial charge in [0.1, 0.15) is 11.6 Å². The van der Waals surface area contributed by atoms with E-state index in [0.717, 1.165) is 12.4 Å². The first-order valence-electron chi connectivity index (χ1n) is 5.05. The molecule has 0 aliphatic rings. The van der Waals surface area contributed by atoms with E-state index < -0.39 is 5.97 Å². The number of nitrogens with zero attached hydrogens (tertiary/aromatic N) is 2. The van der Waals surface area contributed by atoms with Gasteiger partial charge in [-0.05, 0) is 30.7 Å². The molecular formula is C12H9FN2O3. The minimum absolute atomic E-state index is 0.00899. The van der Waals surface area contributed by atoms with E-state index >= 15 is 0 Å². The number of aromatic nitrogens is 2. The molecule has 1 heterocycles. The zero-order valence-electron chi connectivity index (χ0n) is 9.42. The molecule has 0 bridgehead atoms. The lowest BCUT2D eigenvalue weighted by atomic mass is 10.2. The molecule has 1 aromatic carbocycles. The van der Waals surface area contributed by atoms with Crippen molar-refractivity contribution in [1.82, 2.24) is 9.97 Å². The van der Waals surface area contributed by atoms with E-state index in [9.17, 15) is 9.18 Å². The summed E-state index contributed by atoms with van der Waals surface area (Å²) in [5, 5.41) is 8.68. The van der Waals surface area contributed by atoms with E-state index in [1.165, 1.54) is 18.2 Å². The fourth-order valence-electron chi connectivity index (χ4n) is 1.31. The molecule has 0 spiro atoms. The second kappa shape index (κ2) is 4.79. The van der Waals surface area contributed by atoms with Gasteiger partial charge in [-0.25, -0.2) is 19.2 Å². The highest BCUT2D eigenvalue weighted by Gasteiger charge is 2.07. The lowest BCUT2D eigenvalue weighted by Crippen LogP contribution is -2.00. The Morgan fingerprint density at radius 3 is 2.56 bits per heavy atom. The third-order valence-corrected chi connectivity index (χ3v) is 2.21. The quantitative estimate of drug-likeness (QED) is 0.902. The van der Waals surface area contributed by atoms with Crippen LogP contribution in [0.1, 0.15) is 15.9 Å². The third-order valence-electron chi connectivity index (χ3n) is 2.21. The summed E-state index contributed by atoms with van der Waals surface area (Å²) in [5.74, 6) is -1.05. The van der Waals surface area contributed by atoms with Crippen LogP contribution in [0.4, 0.5) is 4.39 Å². The van der Waals surface area contributed by atoms with Crippen molar-refractivity contribution >= 4 is 5.97 Å². The summed E-state index contributed by atoms with van der Waals surface area (Å²) in [6.45, 7) is 1.68. The van der Waals surface area contributed by atoms with Gasteiger partial charge in [0.15, 0.2) is 0 Å². The predicted octanol–water partition coefficient (Wildman–Crippen LogP) is 2.41. The number of hydrogen-bond donors (Lipinski definition) is 1. The van der Waals surface area contributed by atoms with Gasteiger partial charge in [0, 0.05) is 12.4 Å². The van der Waals surface area contributed by atoms with Crippen molar-refractivity contribution in [2.24, 2.45) is 0 Å². The van der Waals surface area contributed by atoms with Crippen LogP contribution in [-0.2, 0) is 0 Å². The van der Waals surface area contributed by atoms with E-state index in [1.807, 2.05) is 0 Å². The molecule has 92 valence electrons. The first-order valence-corrected chi connectivity index (χ1v) is 5.05. The van der Waals surface area contributed by atoms with Crippen LogP contribution in [0.3, 0.4) is 0 Å². The summed E-state index contributed by atoms with van der Waals surface area (Å²) in [7, 11) is 0. The lowest BCUT2D eigenvalue weighted by molar-refractivity contribution is 0.0696. The molecular weight excluding hydrogens is 239 g/mol. The number of benzene rings is 1. The number of carboxylic acid groups (broad SMARTS) is 1. The molecule has 0 radical (unpaired) electrons. The molecule has 1 aromatic heterocycles. The fourth-order valence-corrected chi connectivity index (χ4v) is 1.31. The van der Waals surface area contributed by atoms with Crippen molar-refractivity contribution in [2.75, 3.05) is 0 Å². The zero-order valence-corrected chi connectivity index (χ0v) is 9.42. The van der Waals surface area contributed by atoms with Crippen molar-refractivity contribution in [1.29, 1.82) is 0 Å². The summed E-state index contributed by atoms with van der Waals surface area (Å²) in [5.41, 5.74) is 0.569. The molecule has 0 aliphatic carbocycles. The number of hydrogen-bond acceptors (Lipinski definition) is 4. The van der Waals surface area contributed by atoms with Gasteiger partial charge in [0.05, 0.1) is 5.56 Å². The maximum absolute atomic E-state index is 12.9. The monoisotopic (exact) mass is 248 g/mol. The summed E-state index contributed by atoms with van der Waals surface area (Å²) in [4.78, 5) is 18.1. The molecule has 6 heteroatoms. The van der Waals surface area contributed by atoms with Crippen LogP contribution in [0.5, 0.6) is 11.8 Å². The van der Waals surface area contributed by atoms with E-state index in [-0.39, 0.29) is 17.4 Å². The van der Waals surface area contributed by atoms with Gasteiger partial charge < -0.3 is 9.84 Å². The molecule has 0 fully saturated rings. The second-order valence-corrected chi connectivity index (χ2v) is 3.57. The average molecular weight is 248 g/mol. The van der Waals surface area contributed by atoms with E-state index in [0.29, 0.717) is 11.3 Å². The van der Waals surface area contributed by atoms with Crippen LogP contribution >= 0.6 is 0 Å². The highest BCUT2D eigenvalue weighted by molar-refractivity contribution is 5.86. The summed E-state index contributed by atoms with van der Waals surface area (Å²) >= 11 is 0. The van der Waals surface area contributed by atoms with Crippen molar-refractivity contribution in [2.45, 2.75) is 6.92 Å². The topological polar surface area (TPSA) is 72.3 Å². The van der Waals surface area contributed by atoms with Gasteiger partial charge >= 0.3 is 12.0 Å². The Hall–Kier alpha value is -2.50. The van der Waals surface area contributed by atoms with E-state index in [4.69, 9.17) is 9.84 Å². The summed E-state index contributed by atoms with van der Waals surface area (Å²) in [6.07, 6.45) is 2.28. The molecule has 5 nitrogen and oxygen atoms in total. The predicted molar refractivity (Wildman–Crippen MR) is 60.2 cm³/mol. The maximum Gasteiger partial charge on any atom is 0.338 e. The second-order valence-electron chi connectivity index (χ2n) is 3.57. The molecule has 2 rings (SSSR count). The summed E-state index contributed by atoms with van der Waals surface area (Å²) in [6, 6.07) is 4.04. The van der Waals surface area contributed by atoms with Crippen molar-refractivity contribution in [3.63, 3.8) is 0 Å². The SMILES string of the molecule is Cc1cc(F)ccc1Oc1ncc(C(=O)O)cn1. The average Bonchev–Trinajstić information content (AvgIpc) is 2.33. The van der Waals surface area contributed by atoms with E-state index in [2.05, 4.69) is 9.97 Å². The third kappa shape index (κ3) is 2.60. The highest BCUT2D eigenvalue weighted by Crippen LogP contribution is 2.22. The fraction of sp³-hybridized carbons (Fsp3) is 0.0833. The Kier molecular flexibility index (Phi) is 3.18. The maximum atomic E-state index is 12.9. The Balaban J connectivity index is 2.21. The largest absolute Gasteiger partial charge is 0.478 e. The first kappa shape index (κ1) is 12.0. The van der Waals surface area contributed by atoms with Crippen LogP contribution in [-0.4, -0.2) is 21.0 Å². The number of halogens is 1. The molecule has 1 N–H and O–H groups in total. The Labute approximate surface area is 102 Å². The Bertz CT molecular complexity index is 584. The van der Waals surface area contributed by atoms with Crippen LogP contribution in [0.15, 0.2) is 30.6 Å². The van der Waals surface area contributed by atoms with Crippen molar-refractivity contribution in [3.8, 4) is 11.8 Å². The summed E-state index contributed by atoms with van der Waals surface area (Å²) < 4.78 is 18.2. The van der Waals surface area contributed by atoms with Crippen LogP contribution < -0.4 is 4.74 Å². The van der Waals surface area contributed by atoms with Gasteiger partial charge in [-0.2, -0.15) is 0 Å². The van der Waals surface area contributed by atoms with Gasteiger partial charge in [-0.3, -0.25) is 0 Å². The van der Waals surface area contributed by atoms with Crippen LogP contribution in [0.25, 0.3) is 0 Å². The van der Waals surface area contributed by atoms with Crippen LogP contribution in [0.2, 0.25) is 0 Å². The van der Waals surface area contributed by atoms with Crippen molar-refractivity contribution < 1.29 is 19.0 Å². The number of aromatic carboxylic acids is 1. The molecule has 0 amide bonds. The number of carbonyl (C=O) groups is 1. The Morgan fingerprint density at radius 2 is 2.00 bits per heavy atom. The molecule has 18 heavy (non-hydrogen) atoms. The lowest BCUT2D eigenvalue weighted by Gasteiger charge is -2.06.